The Morgan fingerprint density at radius 3 is 2.22 bits per heavy atom. The Kier molecular flexibility index (Phi) is 9.54. The number of hydrogen-bond acceptors (Lipinski definition) is 3. The summed E-state index contributed by atoms with van der Waals surface area (Å²) in [5.74, 6) is -0.199. The second-order valence-corrected chi connectivity index (χ2v) is 4.80. The van der Waals surface area contributed by atoms with Crippen molar-refractivity contribution in [1.29, 1.82) is 0 Å². The van der Waals surface area contributed by atoms with Crippen molar-refractivity contribution < 1.29 is 14.3 Å². The summed E-state index contributed by atoms with van der Waals surface area (Å²) in [6.45, 7) is 2.27. The van der Waals surface area contributed by atoms with Crippen LogP contribution >= 0.6 is 0 Å². The summed E-state index contributed by atoms with van der Waals surface area (Å²) in [5, 5.41) is 0. The van der Waals surface area contributed by atoms with Gasteiger partial charge in [-0.3, -0.25) is 0 Å². The Bertz CT molecular complexity index is 236. The molecular formula is C15H26O3. The Labute approximate surface area is 111 Å². The largest absolute Gasteiger partial charge is 0.463 e. The fraction of sp³-hybridized carbons (Fsp3) is 0.800. The lowest BCUT2D eigenvalue weighted by molar-refractivity contribution is -0.137. The topological polar surface area (TPSA) is 35.5 Å². The van der Waals surface area contributed by atoms with Crippen molar-refractivity contribution >= 4 is 5.97 Å². The van der Waals surface area contributed by atoms with Crippen LogP contribution in [0.15, 0.2) is 12.2 Å². The molecule has 0 spiro atoms. The van der Waals surface area contributed by atoms with Gasteiger partial charge in [0.1, 0.15) is 0 Å². The molecule has 1 rings (SSSR count). The van der Waals surface area contributed by atoms with E-state index >= 15 is 0 Å². The van der Waals surface area contributed by atoms with Gasteiger partial charge in [0.25, 0.3) is 0 Å². The zero-order valence-corrected chi connectivity index (χ0v) is 11.4. The third-order valence-corrected chi connectivity index (χ3v) is 3.09. The molecule has 0 fully saturated rings. The van der Waals surface area contributed by atoms with Crippen molar-refractivity contribution in [2.75, 3.05) is 19.8 Å². The number of esters is 1. The van der Waals surface area contributed by atoms with Crippen LogP contribution in [0.1, 0.15) is 57.8 Å². The molecule has 1 heterocycles. The van der Waals surface area contributed by atoms with Gasteiger partial charge in [-0.15, -0.1) is 0 Å². The van der Waals surface area contributed by atoms with Crippen molar-refractivity contribution in [1.82, 2.24) is 0 Å². The van der Waals surface area contributed by atoms with Crippen LogP contribution in [0, 0.1) is 0 Å². The first-order chi connectivity index (χ1) is 8.89. The summed E-state index contributed by atoms with van der Waals surface area (Å²) in [6.07, 6.45) is 13.6. The number of carbonyl (C=O) groups is 1. The molecule has 3 heteroatoms. The van der Waals surface area contributed by atoms with Crippen LogP contribution in [0.4, 0.5) is 0 Å². The lowest BCUT2D eigenvalue weighted by Gasteiger charge is -2.04. The van der Waals surface area contributed by atoms with Crippen molar-refractivity contribution in [2.24, 2.45) is 0 Å². The quantitative estimate of drug-likeness (QED) is 0.619. The van der Waals surface area contributed by atoms with Gasteiger partial charge in [-0.05, 0) is 38.5 Å². The zero-order valence-electron chi connectivity index (χ0n) is 11.4. The number of carbonyl (C=O) groups excluding carboxylic acids is 1. The SMILES string of the molecule is O=C1C=CCCCCCCCOCCCCCO1. The van der Waals surface area contributed by atoms with Gasteiger partial charge in [0.2, 0.25) is 0 Å². The van der Waals surface area contributed by atoms with E-state index in [1.165, 1.54) is 25.7 Å². The molecule has 18 heavy (non-hydrogen) atoms. The molecule has 1 aliphatic heterocycles. The highest BCUT2D eigenvalue weighted by atomic mass is 16.5. The third kappa shape index (κ3) is 9.23. The monoisotopic (exact) mass is 254 g/mol. The van der Waals surface area contributed by atoms with E-state index in [9.17, 15) is 4.79 Å². The Hall–Kier alpha value is -0.830. The molecule has 0 saturated carbocycles. The highest BCUT2D eigenvalue weighted by Crippen LogP contribution is 2.07. The van der Waals surface area contributed by atoms with Gasteiger partial charge in [-0.1, -0.05) is 25.3 Å². The van der Waals surface area contributed by atoms with Crippen LogP contribution in [-0.4, -0.2) is 25.8 Å². The molecule has 0 aliphatic carbocycles. The van der Waals surface area contributed by atoms with Crippen molar-refractivity contribution in [2.45, 2.75) is 57.8 Å². The normalized spacial score (nSPS) is 22.1. The van der Waals surface area contributed by atoms with E-state index in [4.69, 9.17) is 9.47 Å². The molecule has 0 aromatic heterocycles. The fourth-order valence-electron chi connectivity index (χ4n) is 1.98. The predicted molar refractivity (Wildman–Crippen MR) is 72.5 cm³/mol. The number of hydrogen-bond donors (Lipinski definition) is 0. The standard InChI is InChI=1S/C15H26O3/c16-15-11-7-4-2-1-3-5-8-12-17-13-9-6-10-14-18-15/h7,11H,1-6,8-10,12-14H2. The molecule has 1 aliphatic rings. The van der Waals surface area contributed by atoms with E-state index in [-0.39, 0.29) is 5.97 Å². The molecule has 0 aromatic carbocycles. The van der Waals surface area contributed by atoms with Crippen LogP contribution in [0.3, 0.4) is 0 Å². The second kappa shape index (κ2) is 11.3. The van der Waals surface area contributed by atoms with E-state index in [0.717, 1.165) is 45.3 Å². The molecular weight excluding hydrogens is 228 g/mol. The molecule has 0 saturated heterocycles. The minimum atomic E-state index is -0.199. The lowest BCUT2D eigenvalue weighted by atomic mass is 10.1. The van der Waals surface area contributed by atoms with Crippen LogP contribution < -0.4 is 0 Å². The summed E-state index contributed by atoms with van der Waals surface area (Å²) in [6, 6.07) is 0. The molecule has 0 aromatic rings. The smallest absolute Gasteiger partial charge is 0.330 e. The molecule has 0 bridgehead atoms. The molecule has 0 atom stereocenters. The van der Waals surface area contributed by atoms with Crippen LogP contribution in [-0.2, 0) is 14.3 Å². The second-order valence-electron chi connectivity index (χ2n) is 4.80. The van der Waals surface area contributed by atoms with E-state index in [1.807, 2.05) is 6.08 Å². The van der Waals surface area contributed by atoms with E-state index in [1.54, 1.807) is 6.08 Å². The number of cyclic esters (lactones) is 1. The van der Waals surface area contributed by atoms with Crippen LogP contribution in [0.25, 0.3) is 0 Å². The summed E-state index contributed by atoms with van der Waals surface area (Å²) in [7, 11) is 0. The first-order valence-corrected chi connectivity index (χ1v) is 7.30. The molecule has 3 nitrogen and oxygen atoms in total. The van der Waals surface area contributed by atoms with Crippen molar-refractivity contribution in [3.05, 3.63) is 12.2 Å². The summed E-state index contributed by atoms with van der Waals surface area (Å²) in [5.41, 5.74) is 0. The van der Waals surface area contributed by atoms with Gasteiger partial charge in [0, 0.05) is 19.3 Å². The van der Waals surface area contributed by atoms with Crippen molar-refractivity contribution in [3.63, 3.8) is 0 Å². The Balaban J connectivity index is 2.18. The first-order valence-electron chi connectivity index (χ1n) is 7.30. The maximum absolute atomic E-state index is 11.3. The summed E-state index contributed by atoms with van der Waals surface area (Å²) in [4.78, 5) is 11.3. The Morgan fingerprint density at radius 2 is 1.39 bits per heavy atom. The minimum Gasteiger partial charge on any atom is -0.463 e. The highest BCUT2D eigenvalue weighted by molar-refractivity contribution is 5.81. The summed E-state index contributed by atoms with van der Waals surface area (Å²) < 4.78 is 10.7. The maximum Gasteiger partial charge on any atom is 0.330 e. The highest BCUT2D eigenvalue weighted by Gasteiger charge is 1.98. The van der Waals surface area contributed by atoms with Crippen molar-refractivity contribution in [3.8, 4) is 0 Å². The van der Waals surface area contributed by atoms with Gasteiger partial charge in [-0.25, -0.2) is 4.79 Å². The minimum absolute atomic E-state index is 0.199. The number of allylic oxidation sites excluding steroid dienone is 1. The number of ether oxygens (including phenoxy) is 2. The molecule has 0 radical (unpaired) electrons. The number of rotatable bonds is 0. The predicted octanol–water partition coefficient (Wildman–Crippen LogP) is 3.63. The average molecular weight is 254 g/mol. The van der Waals surface area contributed by atoms with E-state index < -0.39 is 0 Å². The average Bonchev–Trinajstić information content (AvgIpc) is 2.37. The van der Waals surface area contributed by atoms with Gasteiger partial charge in [0.15, 0.2) is 0 Å². The summed E-state index contributed by atoms with van der Waals surface area (Å²) >= 11 is 0. The lowest BCUT2D eigenvalue weighted by Crippen LogP contribution is -2.03. The molecule has 0 N–H and O–H groups in total. The van der Waals surface area contributed by atoms with E-state index in [0.29, 0.717) is 6.61 Å². The van der Waals surface area contributed by atoms with Crippen LogP contribution in [0.5, 0.6) is 0 Å². The maximum atomic E-state index is 11.3. The molecule has 104 valence electrons. The zero-order chi connectivity index (χ0) is 12.9. The van der Waals surface area contributed by atoms with Crippen LogP contribution in [0.2, 0.25) is 0 Å². The third-order valence-electron chi connectivity index (χ3n) is 3.09. The van der Waals surface area contributed by atoms with Gasteiger partial charge in [-0.2, -0.15) is 0 Å². The fourth-order valence-corrected chi connectivity index (χ4v) is 1.98. The van der Waals surface area contributed by atoms with E-state index in [2.05, 4.69) is 0 Å². The molecule has 0 unspecified atom stereocenters. The Morgan fingerprint density at radius 1 is 0.778 bits per heavy atom. The van der Waals surface area contributed by atoms with Gasteiger partial charge in [0.05, 0.1) is 6.61 Å². The van der Waals surface area contributed by atoms with Gasteiger partial charge >= 0.3 is 5.97 Å². The molecule has 0 amide bonds. The van der Waals surface area contributed by atoms with Gasteiger partial charge < -0.3 is 9.47 Å². The first kappa shape index (κ1) is 15.2.